The fourth-order valence-corrected chi connectivity index (χ4v) is 11.0. The molecule has 10 rings (SSSR count). The monoisotopic (exact) mass is 626 g/mol. The van der Waals surface area contributed by atoms with E-state index < -0.39 is 12.2 Å². The van der Waals surface area contributed by atoms with E-state index in [2.05, 4.69) is 48.2 Å². The highest BCUT2D eigenvalue weighted by molar-refractivity contribution is 5.63. The van der Waals surface area contributed by atoms with Gasteiger partial charge in [-0.2, -0.15) is 0 Å². The van der Waals surface area contributed by atoms with Gasteiger partial charge in [-0.3, -0.25) is 0 Å². The van der Waals surface area contributed by atoms with Crippen molar-refractivity contribution in [2.75, 3.05) is 40.4 Å². The smallest absolute Gasteiger partial charge is 0.165 e. The number of hydrogen-bond acceptors (Lipinski definition) is 8. The van der Waals surface area contributed by atoms with Crippen molar-refractivity contribution in [1.29, 1.82) is 0 Å². The van der Waals surface area contributed by atoms with Crippen LogP contribution in [0, 0.1) is 11.8 Å². The van der Waals surface area contributed by atoms with Gasteiger partial charge in [0.25, 0.3) is 0 Å². The first-order valence-electron chi connectivity index (χ1n) is 17.4. The molecule has 4 bridgehead atoms. The minimum absolute atomic E-state index is 0.0820. The standard InChI is InChI=1S/2C19H23NO3/c2*1-3-22-15-7-4-11-10-13-12-5-6-14(21)18-19(12,8-9-20(13)2)16(11)17(15)23-18/h2*4-7,12-14,18,21H,3,8-10H2,1-2H3/t2*12-,13+,14-,18-,19-/m00/s1. The lowest BCUT2D eigenvalue weighted by Crippen LogP contribution is -2.64. The van der Waals surface area contributed by atoms with E-state index in [9.17, 15) is 10.2 Å². The summed E-state index contributed by atoms with van der Waals surface area (Å²) >= 11 is 0. The molecule has 4 aliphatic carbocycles. The van der Waals surface area contributed by atoms with Crippen molar-refractivity contribution >= 4 is 0 Å². The minimum Gasteiger partial charge on any atom is -0.490 e. The topological polar surface area (TPSA) is 83.9 Å². The number of likely N-dealkylation sites (N-methyl/N-ethyl adjacent to an activating group) is 2. The van der Waals surface area contributed by atoms with Crippen LogP contribution in [-0.2, 0) is 23.7 Å². The van der Waals surface area contributed by atoms with Crippen molar-refractivity contribution in [2.45, 2.75) is 86.9 Å². The Morgan fingerprint density at radius 2 is 1.13 bits per heavy atom. The Morgan fingerprint density at radius 3 is 1.54 bits per heavy atom. The van der Waals surface area contributed by atoms with Gasteiger partial charge >= 0.3 is 0 Å². The minimum atomic E-state index is -0.539. The van der Waals surface area contributed by atoms with Gasteiger partial charge in [0, 0.05) is 45.9 Å². The molecule has 46 heavy (non-hydrogen) atoms. The average Bonchev–Trinajstić information content (AvgIpc) is 3.59. The summed E-state index contributed by atoms with van der Waals surface area (Å²) in [6.45, 7) is 7.36. The number of piperidine rings is 2. The second kappa shape index (κ2) is 10.2. The molecule has 8 aliphatic rings. The second-order valence-electron chi connectivity index (χ2n) is 14.7. The third-order valence-electron chi connectivity index (χ3n) is 12.9. The van der Waals surface area contributed by atoms with Crippen LogP contribution in [0.1, 0.15) is 48.9 Å². The van der Waals surface area contributed by atoms with E-state index in [-0.39, 0.29) is 23.0 Å². The molecule has 8 heteroatoms. The van der Waals surface area contributed by atoms with Gasteiger partial charge in [-0.15, -0.1) is 0 Å². The maximum atomic E-state index is 10.6. The van der Waals surface area contributed by atoms with E-state index in [1.165, 1.54) is 22.3 Å². The first-order chi connectivity index (χ1) is 22.3. The van der Waals surface area contributed by atoms with Crippen LogP contribution < -0.4 is 18.9 Å². The summed E-state index contributed by atoms with van der Waals surface area (Å²) in [5, 5.41) is 21.2. The molecule has 0 saturated carbocycles. The van der Waals surface area contributed by atoms with Gasteiger partial charge in [0.15, 0.2) is 23.0 Å². The molecule has 0 amide bonds. The normalized spacial score (nSPS) is 39.8. The fourth-order valence-electron chi connectivity index (χ4n) is 11.0. The van der Waals surface area contributed by atoms with E-state index in [1.54, 1.807) is 0 Å². The zero-order valence-electron chi connectivity index (χ0n) is 27.3. The molecule has 0 unspecified atom stereocenters. The Morgan fingerprint density at radius 1 is 0.696 bits per heavy atom. The molecular formula is C38H46N2O6. The summed E-state index contributed by atoms with van der Waals surface area (Å²) in [6, 6.07) is 9.50. The largest absolute Gasteiger partial charge is 0.490 e. The molecule has 8 nitrogen and oxygen atoms in total. The van der Waals surface area contributed by atoms with Crippen LogP contribution in [0.15, 0.2) is 48.6 Å². The van der Waals surface area contributed by atoms with E-state index >= 15 is 0 Å². The highest BCUT2D eigenvalue weighted by Gasteiger charge is 2.65. The Hall–Kier alpha value is -3.04. The van der Waals surface area contributed by atoms with Crippen molar-refractivity contribution in [3.63, 3.8) is 0 Å². The lowest BCUT2D eigenvalue weighted by Gasteiger charge is -2.56. The number of benzene rings is 2. The Bertz CT molecular complexity index is 1520. The second-order valence-corrected chi connectivity index (χ2v) is 14.7. The van der Waals surface area contributed by atoms with E-state index in [0.29, 0.717) is 37.1 Å². The van der Waals surface area contributed by atoms with E-state index in [1.807, 2.05) is 38.1 Å². The molecule has 2 fully saturated rings. The first kappa shape index (κ1) is 29.1. The quantitative estimate of drug-likeness (QED) is 0.497. The number of likely N-dealkylation sites (tertiary alicyclic amines) is 2. The summed E-state index contributed by atoms with van der Waals surface area (Å²) in [5.74, 6) is 4.28. The summed E-state index contributed by atoms with van der Waals surface area (Å²) in [7, 11) is 4.45. The summed E-state index contributed by atoms with van der Waals surface area (Å²) < 4.78 is 24.4. The lowest BCUT2D eigenvalue weighted by atomic mass is 9.53. The predicted octanol–water partition coefficient (Wildman–Crippen LogP) is 3.78. The van der Waals surface area contributed by atoms with Crippen LogP contribution in [0.4, 0.5) is 0 Å². The maximum Gasteiger partial charge on any atom is 0.165 e. The van der Waals surface area contributed by atoms with Crippen molar-refractivity contribution in [3.05, 3.63) is 70.8 Å². The molecule has 2 aromatic rings. The molecule has 4 aliphatic heterocycles. The van der Waals surface area contributed by atoms with Crippen LogP contribution in [0.25, 0.3) is 0 Å². The molecule has 0 aromatic heterocycles. The number of aliphatic hydroxyl groups is 2. The molecule has 0 radical (unpaired) electrons. The molecule has 4 heterocycles. The Kier molecular flexibility index (Phi) is 6.48. The molecule has 10 atom stereocenters. The number of ether oxygens (including phenoxy) is 4. The predicted molar refractivity (Wildman–Crippen MR) is 174 cm³/mol. The third kappa shape index (κ3) is 3.59. The van der Waals surface area contributed by atoms with Gasteiger partial charge in [0.2, 0.25) is 0 Å². The summed E-state index contributed by atoms with van der Waals surface area (Å²) in [4.78, 5) is 4.96. The number of rotatable bonds is 4. The third-order valence-corrected chi connectivity index (χ3v) is 12.9. The van der Waals surface area contributed by atoms with Gasteiger partial charge in [0.1, 0.15) is 24.4 Å². The molecule has 2 saturated heterocycles. The Balaban J connectivity index is 0.000000127. The summed E-state index contributed by atoms with van der Waals surface area (Å²) in [6.07, 6.45) is 11.1. The average molecular weight is 627 g/mol. The van der Waals surface area contributed by atoms with Crippen molar-refractivity contribution in [1.82, 2.24) is 9.80 Å². The maximum absolute atomic E-state index is 10.6. The lowest BCUT2D eigenvalue weighted by molar-refractivity contribution is -0.0454. The van der Waals surface area contributed by atoms with E-state index in [4.69, 9.17) is 18.9 Å². The molecule has 2 aromatic carbocycles. The molecule has 244 valence electrons. The van der Waals surface area contributed by atoms with Crippen molar-refractivity contribution < 1.29 is 29.2 Å². The summed E-state index contributed by atoms with van der Waals surface area (Å²) in [5.41, 5.74) is 5.24. The van der Waals surface area contributed by atoms with Gasteiger partial charge < -0.3 is 39.0 Å². The van der Waals surface area contributed by atoms with Crippen LogP contribution in [0.2, 0.25) is 0 Å². The molecule has 2 spiro atoms. The number of hydrogen-bond donors (Lipinski definition) is 2. The van der Waals surface area contributed by atoms with Gasteiger partial charge in [0.05, 0.1) is 13.2 Å². The van der Waals surface area contributed by atoms with Gasteiger partial charge in [-0.05, 0) is 90.0 Å². The zero-order valence-corrected chi connectivity index (χ0v) is 27.3. The van der Waals surface area contributed by atoms with Crippen LogP contribution >= 0.6 is 0 Å². The first-order valence-corrected chi connectivity index (χ1v) is 17.4. The molecule has 2 N–H and O–H groups in total. The van der Waals surface area contributed by atoms with E-state index in [0.717, 1.165) is 61.8 Å². The highest BCUT2D eigenvalue weighted by Crippen LogP contribution is 2.64. The highest BCUT2D eigenvalue weighted by atomic mass is 16.5. The van der Waals surface area contributed by atoms with Crippen LogP contribution in [-0.4, -0.2) is 96.9 Å². The Labute approximate surface area is 271 Å². The van der Waals surface area contributed by atoms with Crippen LogP contribution in [0.3, 0.4) is 0 Å². The SMILES string of the molecule is CCOc1ccc2c3c1O[C@H]1[C@@H](O)C=C[C@H]4[C@@H](C2)N(C)CC[C@@]341.CCOc1ccc2c3c1O[C@H]1[C@@H](O)C=C[C@H]4[C@@H](C2)N(C)CC[C@@]341. The van der Waals surface area contributed by atoms with Crippen molar-refractivity contribution in [3.8, 4) is 23.0 Å². The number of nitrogens with zero attached hydrogens (tertiary/aromatic N) is 2. The molecular weight excluding hydrogens is 580 g/mol. The zero-order chi connectivity index (χ0) is 31.5. The number of aliphatic hydroxyl groups excluding tert-OH is 2. The van der Waals surface area contributed by atoms with Crippen LogP contribution in [0.5, 0.6) is 23.0 Å². The fraction of sp³-hybridized carbons (Fsp3) is 0.579. The van der Waals surface area contributed by atoms with Gasteiger partial charge in [-0.1, -0.05) is 36.4 Å². The van der Waals surface area contributed by atoms with Gasteiger partial charge in [-0.25, -0.2) is 0 Å². The van der Waals surface area contributed by atoms with Crippen molar-refractivity contribution in [2.24, 2.45) is 11.8 Å².